The smallest absolute Gasteiger partial charge is 0.446 e. The number of rotatable bonds is 4. The summed E-state index contributed by atoms with van der Waals surface area (Å²) in [5, 5.41) is 2.74. The summed E-state index contributed by atoms with van der Waals surface area (Å²) >= 11 is 0. The molecule has 0 radical (unpaired) electrons. The largest absolute Gasteiger partial charge is 0.497 e. The highest BCUT2D eigenvalue weighted by Crippen LogP contribution is 2.24. The fourth-order valence-electron chi connectivity index (χ4n) is 2.57. The molecular formula is C16H23N4O4+. The van der Waals surface area contributed by atoms with Crippen LogP contribution in [0.4, 0.5) is 4.79 Å². The molecule has 130 valence electrons. The Hall–Kier alpha value is -2.51. The molecule has 0 saturated carbocycles. The van der Waals surface area contributed by atoms with Gasteiger partial charge in [0.1, 0.15) is 12.0 Å². The van der Waals surface area contributed by atoms with Gasteiger partial charge in [-0.05, 0) is 27.7 Å². The first-order chi connectivity index (χ1) is 11.2. The van der Waals surface area contributed by atoms with Crippen molar-refractivity contribution in [1.82, 2.24) is 10.2 Å². The molecule has 8 heteroatoms. The number of hydrogen-bond donors (Lipinski definition) is 1. The number of fused-ring (bicyclic) bond motifs is 1. The summed E-state index contributed by atoms with van der Waals surface area (Å²) in [6, 6.07) is -0.579. The second-order valence-electron chi connectivity index (χ2n) is 6.64. The summed E-state index contributed by atoms with van der Waals surface area (Å²) in [4.78, 5) is 42.4. The number of nitrogens with one attached hydrogen (secondary N) is 1. The fourth-order valence-corrected chi connectivity index (χ4v) is 2.57. The van der Waals surface area contributed by atoms with E-state index in [1.807, 2.05) is 27.7 Å². The maximum Gasteiger partial charge on any atom is 0.446 e. The number of aliphatic imine (C=N–C) groups is 1. The molecule has 0 spiro atoms. The van der Waals surface area contributed by atoms with Crippen LogP contribution in [0.1, 0.15) is 27.7 Å². The van der Waals surface area contributed by atoms with Crippen molar-refractivity contribution in [1.29, 1.82) is 0 Å². The maximum absolute atomic E-state index is 12.8. The van der Waals surface area contributed by atoms with Crippen molar-refractivity contribution in [2.75, 3.05) is 20.2 Å². The lowest BCUT2D eigenvalue weighted by molar-refractivity contribution is -0.408. The van der Waals surface area contributed by atoms with Crippen LogP contribution < -0.4 is 5.32 Å². The minimum Gasteiger partial charge on any atom is -0.497 e. The van der Waals surface area contributed by atoms with Crippen LogP contribution in [0.5, 0.6) is 0 Å². The number of hydrogen-bond acceptors (Lipinski definition) is 5. The minimum absolute atomic E-state index is 0.309. The van der Waals surface area contributed by atoms with Gasteiger partial charge < -0.3 is 10.1 Å². The quantitative estimate of drug-likeness (QED) is 0.759. The number of dihydropyridines is 1. The summed E-state index contributed by atoms with van der Waals surface area (Å²) < 4.78 is 6.78. The van der Waals surface area contributed by atoms with Gasteiger partial charge in [-0.25, -0.2) is 4.79 Å². The SMILES string of the molecule is CCOC1=CC=NC2=[N+](C)C(=O)N(CC(=O)NC(C)(C)C)C(=O)C12. The molecule has 1 N–H and O–H groups in total. The molecule has 1 atom stereocenters. The van der Waals surface area contributed by atoms with Gasteiger partial charge >= 0.3 is 11.9 Å². The van der Waals surface area contributed by atoms with Crippen molar-refractivity contribution in [3.05, 3.63) is 11.8 Å². The second kappa shape index (κ2) is 6.54. The Morgan fingerprint density at radius 3 is 2.67 bits per heavy atom. The van der Waals surface area contributed by atoms with Gasteiger partial charge in [0.15, 0.2) is 12.5 Å². The molecule has 2 aliphatic heterocycles. The molecule has 2 aliphatic rings. The lowest BCUT2D eigenvalue weighted by atomic mass is 9.99. The number of nitrogens with zero attached hydrogens (tertiary/aromatic N) is 3. The maximum atomic E-state index is 12.8. The first kappa shape index (κ1) is 17.8. The predicted octanol–water partition coefficient (Wildman–Crippen LogP) is 0.525. The molecule has 0 aliphatic carbocycles. The number of amidine groups is 1. The van der Waals surface area contributed by atoms with Crippen LogP contribution in [-0.4, -0.2) is 65.1 Å². The fraction of sp³-hybridized carbons (Fsp3) is 0.562. The summed E-state index contributed by atoms with van der Waals surface area (Å²) in [6.07, 6.45) is 3.10. The highest BCUT2D eigenvalue weighted by Gasteiger charge is 2.50. The van der Waals surface area contributed by atoms with Gasteiger partial charge in [0.25, 0.3) is 11.7 Å². The zero-order valence-corrected chi connectivity index (χ0v) is 14.6. The predicted molar refractivity (Wildman–Crippen MR) is 87.9 cm³/mol. The van der Waals surface area contributed by atoms with Gasteiger partial charge in [0.2, 0.25) is 0 Å². The Morgan fingerprint density at radius 2 is 2.08 bits per heavy atom. The third kappa shape index (κ3) is 3.52. The Morgan fingerprint density at radius 1 is 1.42 bits per heavy atom. The summed E-state index contributed by atoms with van der Waals surface area (Å²) in [6.45, 7) is 7.34. The molecular weight excluding hydrogens is 312 g/mol. The Bertz CT molecular complexity index is 670. The number of carbonyl (C=O) groups is 3. The molecule has 0 aromatic carbocycles. The van der Waals surface area contributed by atoms with Crippen LogP contribution in [0.15, 0.2) is 16.8 Å². The summed E-state index contributed by atoms with van der Waals surface area (Å²) in [7, 11) is 1.53. The Labute approximate surface area is 140 Å². The van der Waals surface area contributed by atoms with Crippen molar-refractivity contribution in [2.45, 2.75) is 33.2 Å². The molecule has 0 aromatic heterocycles. The molecule has 2 rings (SSSR count). The Kier molecular flexibility index (Phi) is 4.86. The van der Waals surface area contributed by atoms with Crippen molar-refractivity contribution < 1.29 is 23.7 Å². The lowest BCUT2D eigenvalue weighted by Crippen LogP contribution is -2.57. The van der Waals surface area contributed by atoms with Crippen LogP contribution in [0.25, 0.3) is 0 Å². The van der Waals surface area contributed by atoms with Gasteiger partial charge in [-0.3, -0.25) is 9.59 Å². The number of urea groups is 1. The zero-order valence-electron chi connectivity index (χ0n) is 14.6. The summed E-state index contributed by atoms with van der Waals surface area (Å²) in [5.41, 5.74) is -0.451. The number of carbonyl (C=O) groups excluding carboxylic acids is 3. The zero-order chi connectivity index (χ0) is 18.1. The van der Waals surface area contributed by atoms with E-state index in [2.05, 4.69) is 10.3 Å². The normalized spacial score (nSPS) is 20.8. The van der Waals surface area contributed by atoms with Gasteiger partial charge in [-0.1, -0.05) is 0 Å². The molecule has 1 unspecified atom stereocenters. The first-order valence-electron chi connectivity index (χ1n) is 7.79. The third-order valence-electron chi connectivity index (χ3n) is 3.49. The van der Waals surface area contributed by atoms with E-state index >= 15 is 0 Å². The molecule has 4 amide bonds. The third-order valence-corrected chi connectivity index (χ3v) is 3.49. The van der Waals surface area contributed by atoms with E-state index in [9.17, 15) is 14.4 Å². The van der Waals surface area contributed by atoms with E-state index in [1.54, 1.807) is 6.08 Å². The van der Waals surface area contributed by atoms with Crippen LogP contribution in [0, 0.1) is 5.92 Å². The molecule has 8 nitrogen and oxygen atoms in total. The molecule has 2 heterocycles. The molecule has 0 bridgehead atoms. The molecule has 0 fully saturated rings. The monoisotopic (exact) mass is 335 g/mol. The average molecular weight is 335 g/mol. The van der Waals surface area contributed by atoms with Crippen LogP contribution >= 0.6 is 0 Å². The molecule has 24 heavy (non-hydrogen) atoms. The van der Waals surface area contributed by atoms with Crippen molar-refractivity contribution in [2.24, 2.45) is 10.9 Å². The van der Waals surface area contributed by atoms with Gasteiger partial charge in [0, 0.05) is 11.6 Å². The van der Waals surface area contributed by atoms with E-state index in [0.717, 1.165) is 4.90 Å². The van der Waals surface area contributed by atoms with Crippen molar-refractivity contribution in [3.8, 4) is 0 Å². The summed E-state index contributed by atoms with van der Waals surface area (Å²) in [5.74, 6) is -0.979. The number of ether oxygens (including phenoxy) is 1. The van der Waals surface area contributed by atoms with Crippen molar-refractivity contribution in [3.63, 3.8) is 0 Å². The van der Waals surface area contributed by atoms with Crippen LogP contribution in [0.2, 0.25) is 0 Å². The lowest BCUT2D eigenvalue weighted by Gasteiger charge is -2.29. The molecule has 0 saturated heterocycles. The number of amides is 4. The van der Waals surface area contributed by atoms with E-state index in [1.165, 1.54) is 17.8 Å². The van der Waals surface area contributed by atoms with Crippen LogP contribution in [0.3, 0.4) is 0 Å². The van der Waals surface area contributed by atoms with E-state index < -0.39 is 29.3 Å². The van der Waals surface area contributed by atoms with Gasteiger partial charge in [-0.2, -0.15) is 9.48 Å². The second-order valence-corrected chi connectivity index (χ2v) is 6.64. The van der Waals surface area contributed by atoms with Crippen molar-refractivity contribution >= 4 is 29.9 Å². The highest BCUT2D eigenvalue weighted by atomic mass is 16.5. The first-order valence-corrected chi connectivity index (χ1v) is 7.79. The standard InChI is InChI=1S/C16H22N4O4/c1-6-24-10-7-8-17-13-12(10)14(22)20(15(23)19(13)5)9-11(21)18-16(2,3)4/h7-8,12H,6,9H2,1-5H3/p+1. The van der Waals surface area contributed by atoms with Gasteiger partial charge in [0.05, 0.1) is 13.7 Å². The number of imide groups is 1. The van der Waals surface area contributed by atoms with E-state index in [0.29, 0.717) is 18.2 Å². The van der Waals surface area contributed by atoms with Crippen LogP contribution in [-0.2, 0) is 14.3 Å². The molecule has 0 aromatic rings. The topological polar surface area (TPSA) is 91.1 Å². The average Bonchev–Trinajstić information content (AvgIpc) is 2.48. The number of allylic oxidation sites excluding steroid dienone is 1. The highest BCUT2D eigenvalue weighted by molar-refractivity contribution is 6.16. The van der Waals surface area contributed by atoms with E-state index in [4.69, 9.17) is 4.74 Å². The van der Waals surface area contributed by atoms with Gasteiger partial charge in [-0.15, -0.1) is 4.99 Å². The Balaban J connectivity index is 2.30. The van der Waals surface area contributed by atoms with E-state index in [-0.39, 0.29) is 6.54 Å². The minimum atomic E-state index is -0.805.